The molecule has 54 heavy (non-hydrogen) atoms. The minimum atomic E-state index is -0.470. The van der Waals surface area contributed by atoms with Crippen LogP contribution >= 0.6 is 0 Å². The molecule has 5 heterocycles. The van der Waals surface area contributed by atoms with Gasteiger partial charge < -0.3 is 4.57 Å². The Kier molecular flexibility index (Phi) is 5.22. The fraction of sp³-hybridized carbons (Fsp3) is 0.0208. The second kappa shape index (κ2) is 9.97. The molecule has 2 aliphatic rings. The molecule has 0 N–H and O–H groups in total. The number of rotatable bonds is 2. The Bertz CT molecular complexity index is 3320. The van der Waals surface area contributed by atoms with E-state index in [1.165, 1.54) is 60.8 Å². The van der Waals surface area contributed by atoms with Crippen molar-refractivity contribution >= 4 is 44.3 Å². The van der Waals surface area contributed by atoms with E-state index in [0.29, 0.717) is 0 Å². The van der Waals surface area contributed by atoms with Gasteiger partial charge in [-0.3, -0.25) is 8.80 Å². The first kappa shape index (κ1) is 28.3. The minimum absolute atomic E-state index is 0.470. The Labute approximate surface area is 308 Å². The molecule has 0 aliphatic heterocycles. The van der Waals surface area contributed by atoms with Crippen LogP contribution < -0.4 is 0 Å². The normalized spacial score (nSPS) is 13.7. The average Bonchev–Trinajstić information content (AvgIpc) is 4.04. The molecule has 0 radical (unpaired) electrons. The molecule has 0 atom stereocenters. The summed E-state index contributed by atoms with van der Waals surface area (Å²) in [6.45, 7) is 0. The molecule has 0 amide bonds. The summed E-state index contributed by atoms with van der Waals surface area (Å²) >= 11 is 0. The maximum absolute atomic E-state index is 5.21. The van der Waals surface area contributed by atoms with E-state index in [2.05, 4.69) is 165 Å². The van der Waals surface area contributed by atoms with Crippen molar-refractivity contribution in [3.8, 4) is 39.3 Å². The molecule has 0 saturated heterocycles. The van der Waals surface area contributed by atoms with Crippen LogP contribution in [0.25, 0.3) is 83.6 Å². The maximum Gasteiger partial charge on any atom is 0.183 e. The van der Waals surface area contributed by atoms with Crippen LogP contribution in [0.15, 0.2) is 170 Å². The number of hydrogen-bond donors (Lipinski definition) is 0. The molecule has 11 aromatic rings. The Hall–Kier alpha value is -7.31. The Morgan fingerprint density at radius 1 is 0.426 bits per heavy atom. The summed E-state index contributed by atoms with van der Waals surface area (Å²) in [5, 5.41) is 2.48. The van der Waals surface area contributed by atoms with E-state index in [-0.39, 0.29) is 0 Å². The molecule has 250 valence electrons. The standard InChI is InChI=1S/C48H28N6/c1-6-19-36-31(14-1)32-15-2-7-20-37(32)48(36)38-21-8-3-18-35(38)44-39(48)27-42-45-51-28-43(54(45)47-46(53(42)44)49-24-25-50-47)29-12-11-13-30(26-29)52-40-22-9-4-16-33(40)34-17-5-10-23-41(34)52/h1-28H. The first-order valence-corrected chi connectivity index (χ1v) is 18.4. The van der Waals surface area contributed by atoms with E-state index in [1.807, 2.05) is 6.20 Å². The van der Waals surface area contributed by atoms with Gasteiger partial charge in [-0.2, -0.15) is 0 Å². The average molecular weight is 689 g/mol. The minimum Gasteiger partial charge on any atom is -0.309 e. The van der Waals surface area contributed by atoms with Gasteiger partial charge in [-0.15, -0.1) is 0 Å². The predicted molar refractivity (Wildman–Crippen MR) is 215 cm³/mol. The zero-order chi connectivity index (χ0) is 35.1. The van der Waals surface area contributed by atoms with Crippen molar-refractivity contribution in [2.75, 3.05) is 0 Å². The molecule has 0 unspecified atom stereocenters. The lowest BCUT2D eigenvalue weighted by atomic mass is 9.71. The second-order valence-electron chi connectivity index (χ2n) is 14.4. The van der Waals surface area contributed by atoms with Crippen LogP contribution in [0, 0.1) is 0 Å². The summed E-state index contributed by atoms with van der Waals surface area (Å²) in [6.07, 6.45) is 5.58. The van der Waals surface area contributed by atoms with E-state index < -0.39 is 5.41 Å². The molecule has 0 fully saturated rings. The van der Waals surface area contributed by atoms with Crippen molar-refractivity contribution in [3.05, 3.63) is 193 Å². The van der Waals surface area contributed by atoms with Gasteiger partial charge in [-0.05, 0) is 63.7 Å². The van der Waals surface area contributed by atoms with Crippen molar-refractivity contribution < 1.29 is 0 Å². The van der Waals surface area contributed by atoms with Crippen molar-refractivity contribution in [1.82, 2.24) is 28.3 Å². The molecular weight excluding hydrogens is 661 g/mol. The van der Waals surface area contributed by atoms with Gasteiger partial charge in [0.15, 0.2) is 16.9 Å². The number of hydrogen-bond acceptors (Lipinski definition) is 3. The summed E-state index contributed by atoms with van der Waals surface area (Å²) < 4.78 is 6.88. The van der Waals surface area contributed by atoms with Crippen LogP contribution in [-0.2, 0) is 5.41 Å². The quantitative estimate of drug-likeness (QED) is 0.182. The largest absolute Gasteiger partial charge is 0.309 e. The van der Waals surface area contributed by atoms with Gasteiger partial charge in [0.1, 0.15) is 0 Å². The molecule has 6 nitrogen and oxygen atoms in total. The zero-order valence-electron chi connectivity index (χ0n) is 28.8. The van der Waals surface area contributed by atoms with Gasteiger partial charge in [0.2, 0.25) is 0 Å². The lowest BCUT2D eigenvalue weighted by molar-refractivity contribution is 0.795. The molecule has 13 rings (SSSR count). The third-order valence-electron chi connectivity index (χ3n) is 12.0. The molecule has 2 aliphatic carbocycles. The number of imidazole rings is 1. The SMILES string of the molecule is c1cc(-c2cnc3c4cc5c(n4c4nccnc4n23)-c2ccccc2C52c3ccccc3-c3ccccc32)cc(-n2c3ccccc3c3ccccc32)c1. The highest BCUT2D eigenvalue weighted by Crippen LogP contribution is 2.63. The lowest BCUT2D eigenvalue weighted by Crippen LogP contribution is -2.25. The number of benzene rings is 6. The summed E-state index contributed by atoms with van der Waals surface area (Å²) in [4.78, 5) is 15.3. The predicted octanol–water partition coefficient (Wildman–Crippen LogP) is 10.6. The van der Waals surface area contributed by atoms with Gasteiger partial charge in [0, 0.05) is 40.0 Å². The summed E-state index contributed by atoms with van der Waals surface area (Å²) in [5.41, 5.74) is 18.5. The van der Waals surface area contributed by atoms with E-state index in [0.717, 1.165) is 45.1 Å². The smallest absolute Gasteiger partial charge is 0.183 e. The highest BCUT2D eigenvalue weighted by atomic mass is 15.1. The van der Waals surface area contributed by atoms with Crippen LogP contribution in [0.5, 0.6) is 0 Å². The van der Waals surface area contributed by atoms with Crippen molar-refractivity contribution in [2.45, 2.75) is 5.41 Å². The topological polar surface area (TPSA) is 52.4 Å². The molecule has 0 bridgehead atoms. The zero-order valence-corrected chi connectivity index (χ0v) is 28.8. The van der Waals surface area contributed by atoms with Crippen LogP contribution in [0.1, 0.15) is 22.3 Å². The van der Waals surface area contributed by atoms with Gasteiger partial charge in [0.25, 0.3) is 0 Å². The molecule has 6 aromatic carbocycles. The molecule has 1 spiro atoms. The number of aromatic nitrogens is 6. The maximum atomic E-state index is 5.21. The fourth-order valence-electron chi connectivity index (χ4n) is 10.0. The van der Waals surface area contributed by atoms with Gasteiger partial charge >= 0.3 is 0 Å². The molecule has 6 heteroatoms. The third kappa shape index (κ3) is 3.26. The van der Waals surface area contributed by atoms with Crippen molar-refractivity contribution in [2.24, 2.45) is 0 Å². The van der Waals surface area contributed by atoms with Crippen molar-refractivity contribution in [1.29, 1.82) is 0 Å². The highest BCUT2D eigenvalue weighted by Gasteiger charge is 2.53. The first-order chi connectivity index (χ1) is 26.8. The number of para-hydroxylation sites is 2. The second-order valence-corrected chi connectivity index (χ2v) is 14.4. The van der Waals surface area contributed by atoms with E-state index in [9.17, 15) is 0 Å². The van der Waals surface area contributed by atoms with Crippen LogP contribution in [0.4, 0.5) is 0 Å². The highest BCUT2D eigenvalue weighted by molar-refractivity contribution is 6.09. The van der Waals surface area contributed by atoms with E-state index in [1.54, 1.807) is 12.4 Å². The first-order valence-electron chi connectivity index (χ1n) is 18.4. The van der Waals surface area contributed by atoms with Crippen LogP contribution in [0.2, 0.25) is 0 Å². The van der Waals surface area contributed by atoms with Gasteiger partial charge in [-0.25, -0.2) is 15.0 Å². The summed E-state index contributed by atoms with van der Waals surface area (Å²) in [7, 11) is 0. The Balaban J connectivity index is 1.11. The van der Waals surface area contributed by atoms with Crippen LogP contribution in [0.3, 0.4) is 0 Å². The molecular formula is C48H28N6. The summed E-state index contributed by atoms with van der Waals surface area (Å²) in [5.74, 6) is 0. The van der Waals surface area contributed by atoms with E-state index >= 15 is 0 Å². The monoisotopic (exact) mass is 688 g/mol. The molecule has 5 aromatic heterocycles. The van der Waals surface area contributed by atoms with E-state index in [4.69, 9.17) is 15.0 Å². The van der Waals surface area contributed by atoms with Crippen LogP contribution in [-0.4, -0.2) is 28.3 Å². The number of fused-ring (bicyclic) bond motifs is 20. The molecule has 0 saturated carbocycles. The Morgan fingerprint density at radius 2 is 1.00 bits per heavy atom. The fourth-order valence-corrected chi connectivity index (χ4v) is 10.0. The number of nitrogens with zero attached hydrogens (tertiary/aromatic N) is 6. The van der Waals surface area contributed by atoms with Crippen molar-refractivity contribution in [3.63, 3.8) is 0 Å². The Morgan fingerprint density at radius 3 is 1.69 bits per heavy atom. The lowest BCUT2D eigenvalue weighted by Gasteiger charge is -2.29. The van der Waals surface area contributed by atoms with Gasteiger partial charge in [0.05, 0.1) is 39.5 Å². The summed E-state index contributed by atoms with van der Waals surface area (Å²) in [6, 6.07) is 55.2. The van der Waals surface area contributed by atoms with Gasteiger partial charge in [-0.1, -0.05) is 121 Å². The third-order valence-corrected chi connectivity index (χ3v) is 12.0.